The fraction of sp³-hybridized carbons (Fsp3) is 0.167. The minimum Gasteiger partial charge on any atom is -0.326 e. The maximum absolute atomic E-state index is 10.5. The van der Waals surface area contributed by atoms with Crippen molar-refractivity contribution in [2.45, 2.75) is 0 Å². The van der Waals surface area contributed by atoms with E-state index in [0.717, 1.165) is 0 Å². The van der Waals surface area contributed by atoms with Crippen molar-refractivity contribution in [3.8, 4) is 0 Å². The van der Waals surface area contributed by atoms with Gasteiger partial charge in [0.2, 0.25) is 5.91 Å². The van der Waals surface area contributed by atoms with E-state index in [9.17, 15) is 4.79 Å². The molecule has 0 aromatic heterocycles. The number of thiol groups is 1. The lowest BCUT2D eigenvalue weighted by Crippen LogP contribution is -2.21. The molecule has 0 rings (SSSR count). The lowest BCUT2D eigenvalue weighted by molar-refractivity contribution is -0.117. The third kappa shape index (κ3) is 3.85. The molecule has 0 aromatic rings. The van der Waals surface area contributed by atoms with Gasteiger partial charge in [-0.3, -0.25) is 4.79 Å². The Morgan fingerprint density at radius 3 is 2.67 bits per heavy atom. The predicted molar refractivity (Wildman–Crippen MR) is 41.3 cm³/mol. The normalized spacial score (nSPS) is 8.11. The minimum atomic E-state index is -0.164. The van der Waals surface area contributed by atoms with E-state index in [1.165, 1.54) is 6.08 Å². The van der Waals surface area contributed by atoms with Crippen LogP contribution in [0.5, 0.6) is 0 Å². The monoisotopic (exact) mass is 143 g/mol. The second-order valence-electron chi connectivity index (χ2n) is 1.44. The summed E-state index contributed by atoms with van der Waals surface area (Å²) in [5.74, 6) is 0.00980. The highest BCUT2D eigenvalue weighted by atomic mass is 32.1. The first-order chi connectivity index (χ1) is 4.20. The van der Waals surface area contributed by atoms with Gasteiger partial charge in [0.05, 0.1) is 5.75 Å². The quantitative estimate of drug-likeness (QED) is 0.442. The molecule has 0 spiro atoms. The van der Waals surface area contributed by atoms with Crippen molar-refractivity contribution in [2.75, 3.05) is 5.75 Å². The first-order valence-electron chi connectivity index (χ1n) is 2.42. The Morgan fingerprint density at radius 2 is 2.33 bits per heavy atom. The van der Waals surface area contributed by atoms with Gasteiger partial charge in [-0.25, -0.2) is 0 Å². The van der Waals surface area contributed by atoms with Gasteiger partial charge in [-0.05, 0) is 6.08 Å². The van der Waals surface area contributed by atoms with Crippen LogP contribution in [0.2, 0.25) is 0 Å². The molecule has 50 valence electrons. The van der Waals surface area contributed by atoms with Crippen molar-refractivity contribution in [2.24, 2.45) is 0 Å². The molecule has 1 N–H and O–H groups in total. The van der Waals surface area contributed by atoms with Gasteiger partial charge in [-0.15, -0.1) is 0 Å². The highest BCUT2D eigenvalue weighted by Gasteiger charge is 1.94. The van der Waals surface area contributed by atoms with Crippen LogP contribution in [0.1, 0.15) is 0 Å². The van der Waals surface area contributed by atoms with E-state index < -0.39 is 0 Å². The number of rotatable bonds is 3. The summed E-state index contributed by atoms with van der Waals surface area (Å²) >= 11 is 3.74. The smallest absolute Gasteiger partial charge is 0.234 e. The van der Waals surface area contributed by atoms with E-state index in [1.807, 2.05) is 0 Å². The van der Waals surface area contributed by atoms with E-state index in [1.54, 1.807) is 0 Å². The highest BCUT2D eigenvalue weighted by molar-refractivity contribution is 7.81. The molecule has 0 aromatic carbocycles. The van der Waals surface area contributed by atoms with Crippen LogP contribution in [0.15, 0.2) is 24.9 Å². The number of carbonyl (C=O) groups excluding carboxylic acids is 1. The first kappa shape index (κ1) is 8.30. The van der Waals surface area contributed by atoms with Gasteiger partial charge in [-0.1, -0.05) is 13.2 Å². The molecule has 0 fully saturated rings. The Morgan fingerprint density at radius 1 is 1.78 bits per heavy atom. The maximum Gasteiger partial charge on any atom is 0.234 e. The third-order valence-corrected chi connectivity index (χ3v) is 0.977. The zero-order valence-corrected chi connectivity index (χ0v) is 5.95. The second kappa shape index (κ2) is 4.21. The number of hydrogen-bond acceptors (Lipinski definition) is 2. The molecule has 3 heteroatoms. The van der Waals surface area contributed by atoms with Crippen molar-refractivity contribution < 1.29 is 4.79 Å². The van der Waals surface area contributed by atoms with E-state index >= 15 is 0 Å². The molecule has 0 bridgehead atoms. The standard InChI is InChI=1S/C6H9NOS/c1-3-5(2)7-6(8)4-9/h3,9H,1-2,4H2,(H,7,8). The number of nitrogens with one attached hydrogen (secondary N) is 1. The van der Waals surface area contributed by atoms with E-state index in [4.69, 9.17) is 0 Å². The molecule has 0 unspecified atom stereocenters. The van der Waals surface area contributed by atoms with Gasteiger partial charge >= 0.3 is 0 Å². The molecule has 0 atom stereocenters. The summed E-state index contributed by atoms with van der Waals surface area (Å²) in [6.07, 6.45) is 1.47. The number of amides is 1. The second-order valence-corrected chi connectivity index (χ2v) is 1.75. The van der Waals surface area contributed by atoms with Crippen LogP contribution in [0, 0.1) is 0 Å². The molecule has 0 radical (unpaired) electrons. The van der Waals surface area contributed by atoms with Crippen molar-refractivity contribution >= 4 is 18.5 Å². The molecule has 2 nitrogen and oxygen atoms in total. The SMILES string of the molecule is C=CC(=C)NC(=O)CS. The number of carbonyl (C=O) groups is 1. The van der Waals surface area contributed by atoms with E-state index in [0.29, 0.717) is 5.70 Å². The lowest BCUT2D eigenvalue weighted by Gasteiger charge is -1.98. The largest absolute Gasteiger partial charge is 0.326 e. The summed E-state index contributed by atoms with van der Waals surface area (Å²) in [7, 11) is 0. The first-order valence-corrected chi connectivity index (χ1v) is 3.06. The molecule has 1 amide bonds. The van der Waals surface area contributed by atoms with Crippen LogP contribution in [0.3, 0.4) is 0 Å². The van der Waals surface area contributed by atoms with Crippen molar-refractivity contribution in [3.63, 3.8) is 0 Å². The van der Waals surface area contributed by atoms with Crippen molar-refractivity contribution in [3.05, 3.63) is 24.9 Å². The number of allylic oxidation sites excluding steroid dienone is 1. The van der Waals surface area contributed by atoms with Gasteiger partial charge in [0.25, 0.3) is 0 Å². The van der Waals surface area contributed by atoms with Crippen molar-refractivity contribution in [1.29, 1.82) is 0 Å². The van der Waals surface area contributed by atoms with E-state index in [-0.39, 0.29) is 11.7 Å². The maximum atomic E-state index is 10.5. The fourth-order valence-electron chi connectivity index (χ4n) is 0.270. The van der Waals surface area contributed by atoms with Crippen molar-refractivity contribution in [1.82, 2.24) is 5.32 Å². The summed E-state index contributed by atoms with van der Waals surface area (Å²) in [6, 6.07) is 0. The van der Waals surface area contributed by atoms with Crippen LogP contribution in [-0.4, -0.2) is 11.7 Å². The van der Waals surface area contributed by atoms with Crippen LogP contribution in [0.4, 0.5) is 0 Å². The zero-order chi connectivity index (χ0) is 7.28. The fourth-order valence-corrected chi connectivity index (χ4v) is 0.349. The van der Waals surface area contributed by atoms with Crippen LogP contribution in [-0.2, 0) is 4.79 Å². The summed E-state index contributed by atoms with van der Waals surface area (Å²) < 4.78 is 0. The molecule has 9 heavy (non-hydrogen) atoms. The molecule has 0 heterocycles. The highest BCUT2D eigenvalue weighted by Crippen LogP contribution is 1.83. The van der Waals surface area contributed by atoms with Gasteiger partial charge in [0.1, 0.15) is 0 Å². The molecular weight excluding hydrogens is 134 g/mol. The van der Waals surface area contributed by atoms with Gasteiger partial charge in [0.15, 0.2) is 0 Å². The average molecular weight is 143 g/mol. The number of hydrogen-bond donors (Lipinski definition) is 2. The molecular formula is C6H9NOS. The zero-order valence-electron chi connectivity index (χ0n) is 5.05. The summed E-state index contributed by atoms with van der Waals surface area (Å²) in [6.45, 7) is 6.89. The Hall–Kier alpha value is -0.700. The lowest BCUT2D eigenvalue weighted by atomic mass is 10.5. The van der Waals surface area contributed by atoms with E-state index in [2.05, 4.69) is 31.1 Å². The Kier molecular flexibility index (Phi) is 3.88. The van der Waals surface area contributed by atoms with Crippen LogP contribution >= 0.6 is 12.6 Å². The molecule has 0 aliphatic carbocycles. The predicted octanol–water partition coefficient (Wildman–Crippen LogP) is 0.732. The molecule has 0 saturated heterocycles. The van der Waals surface area contributed by atoms with Gasteiger partial charge < -0.3 is 5.32 Å². The summed E-state index contributed by atoms with van der Waals surface area (Å²) in [4.78, 5) is 10.5. The Labute approximate surface area is 60.1 Å². The van der Waals surface area contributed by atoms with Gasteiger partial charge in [0, 0.05) is 5.70 Å². The van der Waals surface area contributed by atoms with Gasteiger partial charge in [-0.2, -0.15) is 12.6 Å². The Balaban J connectivity index is 3.59. The molecule has 0 saturated carbocycles. The average Bonchev–Trinajstić information content (AvgIpc) is 1.87. The van der Waals surface area contributed by atoms with Crippen LogP contribution < -0.4 is 5.32 Å². The topological polar surface area (TPSA) is 29.1 Å². The molecule has 0 aliphatic rings. The third-order valence-electron chi connectivity index (χ3n) is 0.690. The summed E-state index contributed by atoms with van der Waals surface area (Å²) in [5.41, 5.74) is 0.508. The minimum absolute atomic E-state index is 0.164. The Bertz CT molecular complexity index is 142. The van der Waals surface area contributed by atoms with Crippen LogP contribution in [0.25, 0.3) is 0 Å². The summed E-state index contributed by atoms with van der Waals surface area (Å²) in [5, 5.41) is 2.45. The molecule has 0 aliphatic heterocycles.